The van der Waals surface area contributed by atoms with Crippen LogP contribution in [0.1, 0.15) is 30.6 Å². The number of aryl methyl sites for hydroxylation is 1. The number of pyridine rings is 1. The quantitative estimate of drug-likeness (QED) is 0.388. The Morgan fingerprint density at radius 3 is 2.97 bits per heavy atom. The van der Waals surface area contributed by atoms with Crippen molar-refractivity contribution in [2.45, 2.75) is 25.9 Å². The Kier molecular flexibility index (Phi) is 5.05. The van der Waals surface area contributed by atoms with Gasteiger partial charge in [-0.25, -0.2) is 14.4 Å². The zero-order chi connectivity index (χ0) is 23.1. The Balaban J connectivity index is 1.56. The van der Waals surface area contributed by atoms with Crippen molar-refractivity contribution in [3.05, 3.63) is 60.5 Å². The van der Waals surface area contributed by atoms with E-state index >= 15 is 0 Å². The summed E-state index contributed by atoms with van der Waals surface area (Å²) < 4.78 is 18.5. The van der Waals surface area contributed by atoms with Gasteiger partial charge in [0.1, 0.15) is 17.3 Å². The minimum Gasteiger partial charge on any atom is -0.383 e. The molecule has 1 aliphatic heterocycles. The summed E-state index contributed by atoms with van der Waals surface area (Å²) in [6.07, 6.45) is 5.37. The van der Waals surface area contributed by atoms with Crippen LogP contribution in [0, 0.1) is 17.7 Å². The number of rotatable bonds is 3. The van der Waals surface area contributed by atoms with Crippen LogP contribution in [0.2, 0.25) is 0 Å². The molecule has 0 unspecified atom stereocenters. The molecule has 0 aliphatic carbocycles. The van der Waals surface area contributed by atoms with Crippen molar-refractivity contribution in [3.8, 4) is 11.8 Å². The van der Waals surface area contributed by atoms with Gasteiger partial charge in [0.05, 0.1) is 39.9 Å². The third-order valence-electron chi connectivity index (χ3n) is 6.01. The highest BCUT2D eigenvalue weighted by molar-refractivity contribution is 5.93. The molecule has 1 aliphatic rings. The van der Waals surface area contributed by atoms with E-state index in [1.807, 2.05) is 22.2 Å². The fourth-order valence-electron chi connectivity index (χ4n) is 4.30. The Hall–Kier alpha value is -4.19. The van der Waals surface area contributed by atoms with Gasteiger partial charge in [0.25, 0.3) is 0 Å². The molecule has 166 valence electrons. The fourth-order valence-corrected chi connectivity index (χ4v) is 4.30. The van der Waals surface area contributed by atoms with Crippen LogP contribution in [0.5, 0.6) is 0 Å². The Bertz CT molecular complexity index is 1470. The normalized spacial score (nSPS) is 15.7. The van der Waals surface area contributed by atoms with E-state index in [-0.39, 0.29) is 17.5 Å². The van der Waals surface area contributed by atoms with Crippen molar-refractivity contribution in [2.24, 2.45) is 0 Å². The predicted octanol–water partition coefficient (Wildman–Crippen LogP) is 2.88. The van der Waals surface area contributed by atoms with E-state index in [9.17, 15) is 9.18 Å². The number of hydrogen-bond acceptors (Lipinski definition) is 5. The van der Waals surface area contributed by atoms with Crippen LogP contribution in [-0.2, 0) is 11.3 Å². The molecular weight excluding hydrogens is 421 g/mol. The number of carbonyl (C=O) groups excluding carboxylic acids is 1. The molecule has 4 heterocycles. The predicted molar refractivity (Wildman–Crippen MR) is 124 cm³/mol. The van der Waals surface area contributed by atoms with Crippen molar-refractivity contribution in [2.75, 3.05) is 18.8 Å². The lowest BCUT2D eigenvalue weighted by Crippen LogP contribution is -2.27. The number of nitrogen functional groups attached to an aromatic ring is 1. The van der Waals surface area contributed by atoms with E-state index in [1.165, 1.54) is 12.1 Å². The molecule has 1 aromatic carbocycles. The first-order valence-electron chi connectivity index (χ1n) is 10.7. The number of fused-ring (bicyclic) bond motifs is 2. The van der Waals surface area contributed by atoms with Gasteiger partial charge in [0, 0.05) is 31.9 Å². The van der Waals surface area contributed by atoms with Crippen LogP contribution in [0.25, 0.3) is 21.9 Å². The Labute approximate surface area is 189 Å². The lowest BCUT2D eigenvalue weighted by atomic mass is 10.1. The molecule has 2 N–H and O–H groups in total. The van der Waals surface area contributed by atoms with E-state index < -0.39 is 5.82 Å². The number of carbonyl (C=O) groups is 1. The highest BCUT2D eigenvalue weighted by Gasteiger charge is 2.29. The van der Waals surface area contributed by atoms with Crippen LogP contribution >= 0.6 is 0 Å². The molecule has 9 heteroatoms. The summed E-state index contributed by atoms with van der Waals surface area (Å²) in [7, 11) is 0. The molecule has 3 aromatic heterocycles. The number of aromatic nitrogens is 5. The van der Waals surface area contributed by atoms with Crippen molar-refractivity contribution in [1.29, 1.82) is 0 Å². The first kappa shape index (κ1) is 20.7. The van der Waals surface area contributed by atoms with Crippen molar-refractivity contribution >= 4 is 33.7 Å². The summed E-state index contributed by atoms with van der Waals surface area (Å²) in [5, 5.41) is 5.31. The van der Waals surface area contributed by atoms with E-state index in [4.69, 9.17) is 10.8 Å². The zero-order valence-electron chi connectivity index (χ0n) is 18.1. The smallest absolute Gasteiger partial charge is 0.246 e. The molecule has 1 amide bonds. The van der Waals surface area contributed by atoms with Gasteiger partial charge in [0.2, 0.25) is 5.91 Å². The number of nitrogens with zero attached hydrogens (tertiary/aromatic N) is 6. The second-order valence-corrected chi connectivity index (χ2v) is 7.92. The van der Waals surface area contributed by atoms with E-state index in [0.717, 1.165) is 17.5 Å². The van der Waals surface area contributed by atoms with E-state index in [2.05, 4.69) is 28.4 Å². The monoisotopic (exact) mass is 443 g/mol. The van der Waals surface area contributed by atoms with E-state index in [1.54, 1.807) is 23.5 Å². The van der Waals surface area contributed by atoms with Gasteiger partial charge >= 0.3 is 0 Å². The third-order valence-corrected chi connectivity index (χ3v) is 6.01. The number of halogens is 1. The van der Waals surface area contributed by atoms with Crippen molar-refractivity contribution in [3.63, 3.8) is 0 Å². The molecule has 5 rings (SSSR count). The molecule has 33 heavy (non-hydrogen) atoms. The highest BCUT2D eigenvalue weighted by Crippen LogP contribution is 2.29. The summed E-state index contributed by atoms with van der Waals surface area (Å²) >= 11 is 0. The number of benzene rings is 1. The summed E-state index contributed by atoms with van der Waals surface area (Å²) in [6.45, 7) is 7.37. The average molecular weight is 443 g/mol. The molecule has 0 bridgehead atoms. The first-order chi connectivity index (χ1) is 16.0. The summed E-state index contributed by atoms with van der Waals surface area (Å²) in [6, 6.07) is 4.89. The number of amides is 1. The Morgan fingerprint density at radius 1 is 1.33 bits per heavy atom. The number of nitrogens with two attached hydrogens (primary N) is 1. The van der Waals surface area contributed by atoms with Gasteiger partial charge < -0.3 is 15.2 Å². The second kappa shape index (κ2) is 8.06. The number of anilines is 1. The highest BCUT2D eigenvalue weighted by atomic mass is 19.1. The molecule has 1 fully saturated rings. The lowest BCUT2D eigenvalue weighted by molar-refractivity contribution is -0.125. The van der Waals surface area contributed by atoms with Gasteiger partial charge in [-0.3, -0.25) is 9.48 Å². The summed E-state index contributed by atoms with van der Waals surface area (Å²) in [5.41, 5.74) is 9.00. The van der Waals surface area contributed by atoms with Crippen LogP contribution < -0.4 is 5.73 Å². The molecule has 0 radical (unpaired) electrons. The minimum atomic E-state index is -0.422. The molecule has 4 aromatic rings. The van der Waals surface area contributed by atoms with Gasteiger partial charge in [-0.15, -0.1) is 0 Å². The molecule has 8 nitrogen and oxygen atoms in total. The maximum absolute atomic E-state index is 14.8. The van der Waals surface area contributed by atoms with Crippen LogP contribution in [0.3, 0.4) is 0 Å². The largest absolute Gasteiger partial charge is 0.383 e. The van der Waals surface area contributed by atoms with Gasteiger partial charge in [-0.2, -0.15) is 5.10 Å². The molecular formula is C24H22FN7O. The second-order valence-electron chi connectivity index (χ2n) is 7.92. The van der Waals surface area contributed by atoms with Gasteiger partial charge in [0.15, 0.2) is 0 Å². The molecule has 1 saturated heterocycles. The standard InChI is InChI=1S/C24H22FN7O/c1-3-22(33)31-10-8-16(13-31)32-20-7-9-27-24(26)23(20)18(29-32)6-5-15-11-19-21(12-17(15)25)30(4-2)14-28-19/h3,7,9,11-12,14,16H,1,4,8,10,13H2,2H3,(H2,26,27)/t16-/m0/s1. The lowest BCUT2D eigenvalue weighted by Gasteiger charge is -2.15. The molecule has 0 spiro atoms. The summed E-state index contributed by atoms with van der Waals surface area (Å²) in [5.74, 6) is 5.66. The maximum Gasteiger partial charge on any atom is 0.246 e. The first-order valence-corrected chi connectivity index (χ1v) is 10.7. The van der Waals surface area contributed by atoms with Crippen LogP contribution in [0.4, 0.5) is 10.2 Å². The van der Waals surface area contributed by atoms with Crippen molar-refractivity contribution in [1.82, 2.24) is 29.2 Å². The molecule has 0 saturated carbocycles. The average Bonchev–Trinajstić information content (AvgIpc) is 3.54. The van der Waals surface area contributed by atoms with Gasteiger partial charge in [-0.1, -0.05) is 12.5 Å². The van der Waals surface area contributed by atoms with Crippen molar-refractivity contribution < 1.29 is 9.18 Å². The maximum atomic E-state index is 14.8. The Morgan fingerprint density at radius 2 is 2.18 bits per heavy atom. The minimum absolute atomic E-state index is 0.0279. The fraction of sp³-hybridized carbons (Fsp3) is 0.250. The van der Waals surface area contributed by atoms with Crippen LogP contribution in [-0.4, -0.2) is 48.2 Å². The van der Waals surface area contributed by atoms with Gasteiger partial charge in [-0.05, 0) is 37.5 Å². The number of hydrogen-bond donors (Lipinski definition) is 1. The SMILES string of the molecule is C=CC(=O)N1CC[C@H](n2nc(C#Cc3cc4ncn(CC)c4cc3F)c3c(N)nccc32)C1. The number of likely N-dealkylation sites (tertiary alicyclic amines) is 1. The zero-order valence-corrected chi connectivity index (χ0v) is 18.1. The molecule has 1 atom stereocenters. The number of imidazole rings is 1. The van der Waals surface area contributed by atoms with E-state index in [0.29, 0.717) is 42.0 Å². The topological polar surface area (TPSA) is 94.9 Å². The van der Waals surface area contributed by atoms with Crippen LogP contribution in [0.15, 0.2) is 43.4 Å². The third kappa shape index (κ3) is 3.49. The summed E-state index contributed by atoms with van der Waals surface area (Å²) in [4.78, 5) is 22.3.